The second kappa shape index (κ2) is 8.87. The highest BCUT2D eigenvalue weighted by Gasteiger charge is 2.42. The van der Waals surface area contributed by atoms with Crippen molar-refractivity contribution >= 4 is 34.0 Å². The zero-order chi connectivity index (χ0) is 24.8. The molecule has 1 fully saturated rings. The van der Waals surface area contributed by atoms with Gasteiger partial charge in [-0.1, -0.05) is 6.92 Å². The fourth-order valence-corrected chi connectivity index (χ4v) is 5.07. The van der Waals surface area contributed by atoms with Crippen molar-refractivity contribution in [2.45, 2.75) is 44.6 Å². The molecule has 7 heteroatoms. The lowest BCUT2D eigenvalue weighted by atomic mass is 9.86. The Morgan fingerprint density at radius 2 is 1.91 bits per heavy atom. The summed E-state index contributed by atoms with van der Waals surface area (Å²) in [5.74, 6) is -1.74. The Bertz CT molecular complexity index is 1240. The number of amides is 1. The van der Waals surface area contributed by atoms with Gasteiger partial charge in [-0.25, -0.2) is 4.39 Å². The molecule has 0 spiro atoms. The van der Waals surface area contributed by atoms with E-state index in [1.54, 1.807) is 13.0 Å². The maximum atomic E-state index is 14.2. The summed E-state index contributed by atoms with van der Waals surface area (Å²) in [5, 5.41) is 14.7. The topological polar surface area (TPSA) is 74.6 Å². The molecule has 1 aliphatic carbocycles. The van der Waals surface area contributed by atoms with Crippen molar-refractivity contribution in [1.82, 2.24) is 4.57 Å². The first-order chi connectivity index (χ1) is 16.0. The number of benzene rings is 2. The number of fused-ring (bicyclic) bond motifs is 1. The van der Waals surface area contributed by atoms with Gasteiger partial charge in [-0.15, -0.1) is 0 Å². The summed E-state index contributed by atoms with van der Waals surface area (Å²) >= 11 is 0. The highest BCUT2D eigenvalue weighted by atomic mass is 19.1. The molecule has 0 bridgehead atoms. The monoisotopic (exact) mass is 465 g/mol. The van der Waals surface area contributed by atoms with Crippen LogP contribution in [0.3, 0.4) is 0 Å². The van der Waals surface area contributed by atoms with Gasteiger partial charge in [-0.2, -0.15) is 0 Å². The van der Waals surface area contributed by atoms with Crippen LogP contribution >= 0.6 is 0 Å². The third-order valence-electron chi connectivity index (χ3n) is 7.13. The Balaban J connectivity index is 1.66. The number of hydrogen-bond acceptors (Lipinski definition) is 4. The molecule has 4 rings (SSSR count). The second-order valence-corrected chi connectivity index (χ2v) is 9.70. The lowest BCUT2D eigenvalue weighted by Gasteiger charge is -2.26. The van der Waals surface area contributed by atoms with Crippen LogP contribution in [-0.2, 0) is 22.2 Å². The highest BCUT2D eigenvalue weighted by molar-refractivity contribution is 6.02. The molecule has 1 amide bonds. The normalized spacial score (nSPS) is 19.9. The summed E-state index contributed by atoms with van der Waals surface area (Å²) < 4.78 is 16.1. The van der Waals surface area contributed by atoms with Gasteiger partial charge < -0.3 is 19.9 Å². The average Bonchev–Trinajstić information content (AvgIpc) is 3.31. The van der Waals surface area contributed by atoms with E-state index < -0.39 is 23.3 Å². The minimum atomic E-state index is -1.20. The second-order valence-electron chi connectivity index (χ2n) is 9.70. The molecule has 0 radical (unpaired) electrons. The van der Waals surface area contributed by atoms with Crippen molar-refractivity contribution < 1.29 is 19.1 Å². The molecule has 1 aromatic heterocycles. The third-order valence-corrected chi connectivity index (χ3v) is 7.13. The number of aliphatic hydroxyl groups is 1. The molecule has 0 saturated heterocycles. The molecular weight excluding hydrogens is 433 g/mol. The van der Waals surface area contributed by atoms with Crippen LogP contribution in [0.4, 0.5) is 15.8 Å². The fourth-order valence-electron chi connectivity index (χ4n) is 5.07. The Hall–Kier alpha value is -3.19. The summed E-state index contributed by atoms with van der Waals surface area (Å²) in [4.78, 5) is 28.2. The number of anilines is 2. The van der Waals surface area contributed by atoms with Gasteiger partial charge in [0.2, 0.25) is 5.91 Å². The summed E-state index contributed by atoms with van der Waals surface area (Å²) in [5.41, 5.74) is 2.49. The average molecular weight is 466 g/mol. The minimum absolute atomic E-state index is 0.0620. The summed E-state index contributed by atoms with van der Waals surface area (Å²) in [6.07, 6.45) is 0.870. The Labute approximate surface area is 199 Å². The molecule has 3 atom stereocenters. The summed E-state index contributed by atoms with van der Waals surface area (Å²) in [6.45, 7) is 3.58. The van der Waals surface area contributed by atoms with Gasteiger partial charge in [0.05, 0.1) is 5.69 Å². The van der Waals surface area contributed by atoms with E-state index in [4.69, 9.17) is 0 Å². The van der Waals surface area contributed by atoms with E-state index in [1.165, 1.54) is 12.1 Å². The maximum absolute atomic E-state index is 14.2. The van der Waals surface area contributed by atoms with Crippen molar-refractivity contribution in [3.8, 4) is 0 Å². The SMILES string of the molecule is CCC(C)(O)c1c(C2CC(C(=O)Nc3ccc(N(C)C)cc3)CC2=O)c2cc(F)ccc2n1C. The Morgan fingerprint density at radius 1 is 1.24 bits per heavy atom. The Kier molecular flexibility index (Phi) is 6.25. The third kappa shape index (κ3) is 4.20. The van der Waals surface area contributed by atoms with Gasteiger partial charge in [-0.05, 0) is 67.8 Å². The molecule has 3 aromatic rings. The predicted octanol–water partition coefficient (Wildman–Crippen LogP) is 4.70. The first kappa shape index (κ1) is 24.0. The molecule has 2 aromatic carbocycles. The highest BCUT2D eigenvalue weighted by Crippen LogP contribution is 2.45. The Morgan fingerprint density at radius 3 is 2.53 bits per heavy atom. The number of rotatable bonds is 6. The zero-order valence-electron chi connectivity index (χ0n) is 20.4. The standard InChI is InChI=1S/C27H32FN3O3/c1-6-27(2,34)25-24(20-15-17(28)7-12-22(20)31(25)5)21-13-16(14-23(21)32)26(33)29-18-8-10-19(11-9-18)30(3)4/h7-12,15-16,21,34H,6,13-14H2,1-5H3,(H,29,33). The van der Waals surface area contributed by atoms with Crippen LogP contribution in [-0.4, -0.2) is 35.5 Å². The van der Waals surface area contributed by atoms with E-state index in [9.17, 15) is 19.1 Å². The number of hydrogen-bond donors (Lipinski definition) is 2. The predicted molar refractivity (Wildman–Crippen MR) is 133 cm³/mol. The van der Waals surface area contributed by atoms with Crippen LogP contribution in [0.25, 0.3) is 10.9 Å². The van der Waals surface area contributed by atoms with E-state index in [1.807, 2.05) is 61.8 Å². The van der Waals surface area contributed by atoms with Crippen molar-refractivity contribution in [1.29, 1.82) is 0 Å². The van der Waals surface area contributed by atoms with Gasteiger partial charge in [-0.3, -0.25) is 9.59 Å². The van der Waals surface area contributed by atoms with Gasteiger partial charge in [0, 0.05) is 61.7 Å². The van der Waals surface area contributed by atoms with Crippen LogP contribution in [0.5, 0.6) is 0 Å². The summed E-state index contributed by atoms with van der Waals surface area (Å²) in [6, 6.07) is 12.0. The number of nitrogens with zero attached hydrogens (tertiary/aromatic N) is 2. The fraction of sp³-hybridized carbons (Fsp3) is 0.407. The molecule has 1 saturated carbocycles. The molecule has 180 valence electrons. The van der Waals surface area contributed by atoms with Crippen LogP contribution in [0.15, 0.2) is 42.5 Å². The molecule has 34 heavy (non-hydrogen) atoms. The summed E-state index contributed by atoms with van der Waals surface area (Å²) in [7, 11) is 5.71. The first-order valence-electron chi connectivity index (χ1n) is 11.6. The zero-order valence-corrected chi connectivity index (χ0v) is 20.4. The largest absolute Gasteiger partial charge is 0.384 e. The van der Waals surface area contributed by atoms with E-state index >= 15 is 0 Å². The minimum Gasteiger partial charge on any atom is -0.384 e. The van der Waals surface area contributed by atoms with E-state index in [0.717, 1.165) is 11.2 Å². The number of nitrogens with one attached hydrogen (secondary N) is 1. The van der Waals surface area contributed by atoms with Crippen LogP contribution in [0.2, 0.25) is 0 Å². The first-order valence-corrected chi connectivity index (χ1v) is 11.6. The van der Waals surface area contributed by atoms with E-state index in [2.05, 4.69) is 5.32 Å². The van der Waals surface area contributed by atoms with Crippen LogP contribution in [0, 0.1) is 11.7 Å². The lowest BCUT2D eigenvalue weighted by Crippen LogP contribution is -2.26. The van der Waals surface area contributed by atoms with Crippen molar-refractivity contribution in [3.05, 3.63) is 59.5 Å². The smallest absolute Gasteiger partial charge is 0.227 e. The number of halogens is 1. The van der Waals surface area contributed by atoms with Crippen LogP contribution < -0.4 is 10.2 Å². The molecule has 2 N–H and O–H groups in total. The van der Waals surface area contributed by atoms with Crippen molar-refractivity contribution in [2.75, 3.05) is 24.3 Å². The molecule has 1 aliphatic rings. The van der Waals surface area contributed by atoms with E-state index in [-0.39, 0.29) is 18.1 Å². The van der Waals surface area contributed by atoms with Gasteiger partial charge >= 0.3 is 0 Å². The van der Waals surface area contributed by atoms with Crippen molar-refractivity contribution in [2.24, 2.45) is 13.0 Å². The number of ketones is 1. The van der Waals surface area contributed by atoms with Gasteiger partial charge in [0.15, 0.2) is 0 Å². The molecule has 6 nitrogen and oxygen atoms in total. The van der Waals surface area contributed by atoms with Gasteiger partial charge in [0.25, 0.3) is 0 Å². The molecule has 3 unspecified atom stereocenters. The number of aromatic nitrogens is 1. The molecule has 0 aliphatic heterocycles. The number of carbonyl (C=O) groups is 2. The number of Topliss-reactive ketones (excluding diaryl/α,β-unsaturated/α-hetero) is 1. The lowest BCUT2D eigenvalue weighted by molar-refractivity contribution is -0.123. The molecule has 1 heterocycles. The van der Waals surface area contributed by atoms with Crippen LogP contribution in [0.1, 0.15) is 50.3 Å². The van der Waals surface area contributed by atoms with Gasteiger partial charge in [0.1, 0.15) is 17.2 Å². The van der Waals surface area contributed by atoms with Crippen molar-refractivity contribution in [3.63, 3.8) is 0 Å². The maximum Gasteiger partial charge on any atom is 0.227 e. The van der Waals surface area contributed by atoms with E-state index in [0.29, 0.717) is 35.2 Å². The number of aryl methyl sites for hydroxylation is 1. The quantitative estimate of drug-likeness (QED) is 0.553. The number of carbonyl (C=O) groups excluding carboxylic acids is 2. The molecular formula is C27H32FN3O3.